The van der Waals surface area contributed by atoms with Crippen LogP contribution in [-0.2, 0) is 8.85 Å². The Morgan fingerprint density at radius 2 is 0.833 bits per heavy atom. The first-order valence-corrected chi connectivity index (χ1v) is 14.1. The van der Waals surface area contributed by atoms with Gasteiger partial charge in [0.1, 0.15) is 0 Å². The summed E-state index contributed by atoms with van der Waals surface area (Å²) in [6, 6.07) is 0. The summed E-state index contributed by atoms with van der Waals surface area (Å²) in [4.78, 5) is 0. The quantitative estimate of drug-likeness (QED) is 0.716. The summed E-state index contributed by atoms with van der Waals surface area (Å²) < 4.78 is 12.9. The summed E-state index contributed by atoms with van der Waals surface area (Å²) in [6.45, 7) is 20.7. The average Bonchev–Trinajstić information content (AvgIpc) is 2.31. The number of rotatable bonds is 4. The molecule has 0 N–H and O–H groups in total. The highest BCUT2D eigenvalue weighted by molar-refractivity contribution is 6.70. The van der Waals surface area contributed by atoms with E-state index in [1.54, 1.807) is 0 Å². The van der Waals surface area contributed by atoms with Gasteiger partial charge >= 0.3 is 0 Å². The fourth-order valence-corrected chi connectivity index (χ4v) is 5.17. The second-order valence-corrected chi connectivity index (χ2v) is 16.9. The minimum absolute atomic E-state index is 0.299. The van der Waals surface area contributed by atoms with Gasteiger partial charge < -0.3 is 8.85 Å². The van der Waals surface area contributed by atoms with E-state index in [9.17, 15) is 0 Å². The van der Waals surface area contributed by atoms with Crippen molar-refractivity contribution in [3.05, 3.63) is 0 Å². The van der Waals surface area contributed by atoms with Gasteiger partial charge in [-0.3, -0.25) is 0 Å². The lowest BCUT2D eigenvalue weighted by molar-refractivity contribution is 0.0333. The summed E-state index contributed by atoms with van der Waals surface area (Å²) in [7, 11) is -3.01. The topological polar surface area (TPSA) is 18.5 Å². The van der Waals surface area contributed by atoms with E-state index >= 15 is 0 Å². The molecule has 0 aliphatic heterocycles. The first-order chi connectivity index (χ1) is 7.92. The molecule has 0 heterocycles. The Morgan fingerprint density at radius 1 is 0.556 bits per heavy atom. The molecule has 4 atom stereocenters. The van der Waals surface area contributed by atoms with Crippen molar-refractivity contribution in [3.63, 3.8) is 0 Å². The maximum absolute atomic E-state index is 6.45. The van der Waals surface area contributed by atoms with E-state index in [0.717, 1.165) is 0 Å². The maximum atomic E-state index is 6.45. The molecule has 0 radical (unpaired) electrons. The highest BCUT2D eigenvalue weighted by atomic mass is 28.4. The predicted octanol–water partition coefficient (Wildman–Crippen LogP) is 4.35. The molecule has 0 aromatic heterocycles. The van der Waals surface area contributed by atoms with Gasteiger partial charge in [-0.15, -0.1) is 0 Å². The van der Waals surface area contributed by atoms with Crippen LogP contribution in [0.2, 0.25) is 39.3 Å². The van der Waals surface area contributed by atoms with Crippen LogP contribution < -0.4 is 0 Å². The first-order valence-electron chi connectivity index (χ1n) is 7.28. The summed E-state index contributed by atoms with van der Waals surface area (Å²) in [5.41, 5.74) is 0. The second-order valence-electron chi connectivity index (χ2n) is 7.97. The molecule has 18 heavy (non-hydrogen) atoms. The van der Waals surface area contributed by atoms with Crippen molar-refractivity contribution in [1.29, 1.82) is 0 Å². The molecule has 0 bridgehead atoms. The second kappa shape index (κ2) is 5.39. The standard InChI is InChI=1S/C14H32O2Si2/c1-10-11(2)13(15-17(4,5)6)14(12(10)3)16-18(7,8)9/h10-14H,1-9H3. The van der Waals surface area contributed by atoms with Gasteiger partial charge in [0.2, 0.25) is 0 Å². The minimum Gasteiger partial charge on any atom is -0.412 e. The van der Waals surface area contributed by atoms with Crippen LogP contribution in [0, 0.1) is 17.8 Å². The number of hydrogen-bond acceptors (Lipinski definition) is 2. The Hall–Kier alpha value is 0.354. The van der Waals surface area contributed by atoms with E-state index < -0.39 is 16.6 Å². The molecular formula is C14H32O2Si2. The van der Waals surface area contributed by atoms with Crippen LogP contribution in [0.3, 0.4) is 0 Å². The molecule has 0 amide bonds. The molecule has 0 saturated heterocycles. The highest BCUT2D eigenvalue weighted by Crippen LogP contribution is 2.42. The van der Waals surface area contributed by atoms with Gasteiger partial charge in [0.25, 0.3) is 0 Å². The molecule has 1 fully saturated rings. The van der Waals surface area contributed by atoms with Crippen LogP contribution in [0.25, 0.3) is 0 Å². The Balaban J connectivity index is 2.88. The van der Waals surface area contributed by atoms with Crippen molar-refractivity contribution < 1.29 is 8.85 Å². The van der Waals surface area contributed by atoms with Crippen LogP contribution in [0.5, 0.6) is 0 Å². The third-order valence-corrected chi connectivity index (χ3v) is 5.96. The normalized spacial score (nSPS) is 38.2. The third kappa shape index (κ3) is 4.18. The van der Waals surface area contributed by atoms with Gasteiger partial charge in [0, 0.05) is 0 Å². The maximum Gasteiger partial charge on any atom is 0.184 e. The molecule has 0 aromatic rings. The van der Waals surface area contributed by atoms with Gasteiger partial charge in [-0.1, -0.05) is 20.8 Å². The average molecular weight is 289 g/mol. The van der Waals surface area contributed by atoms with Crippen LogP contribution in [0.1, 0.15) is 20.8 Å². The van der Waals surface area contributed by atoms with Gasteiger partial charge in [0.15, 0.2) is 16.6 Å². The Morgan fingerprint density at radius 3 is 1.06 bits per heavy atom. The van der Waals surface area contributed by atoms with Crippen LogP contribution in [0.15, 0.2) is 0 Å². The lowest BCUT2D eigenvalue weighted by Gasteiger charge is -2.35. The lowest BCUT2D eigenvalue weighted by Crippen LogP contribution is -2.45. The SMILES string of the molecule is CC1C(C)C(O[Si](C)(C)C)C(O[Si](C)(C)C)C1C. The van der Waals surface area contributed by atoms with Crippen molar-refractivity contribution >= 4 is 16.6 Å². The van der Waals surface area contributed by atoms with E-state index in [1.807, 2.05) is 0 Å². The monoisotopic (exact) mass is 288 g/mol. The van der Waals surface area contributed by atoms with Gasteiger partial charge in [-0.2, -0.15) is 0 Å². The Kier molecular flexibility index (Phi) is 4.91. The van der Waals surface area contributed by atoms with Gasteiger partial charge in [-0.05, 0) is 57.0 Å². The Bertz CT molecular complexity index is 252. The largest absolute Gasteiger partial charge is 0.412 e. The van der Waals surface area contributed by atoms with Crippen molar-refractivity contribution in [1.82, 2.24) is 0 Å². The lowest BCUT2D eigenvalue weighted by atomic mass is 9.93. The molecule has 1 aliphatic rings. The zero-order chi connectivity index (χ0) is 14.3. The minimum atomic E-state index is -1.50. The van der Waals surface area contributed by atoms with Crippen LogP contribution >= 0.6 is 0 Å². The van der Waals surface area contributed by atoms with Crippen LogP contribution in [0.4, 0.5) is 0 Å². The highest BCUT2D eigenvalue weighted by Gasteiger charge is 2.48. The van der Waals surface area contributed by atoms with E-state index in [-0.39, 0.29) is 0 Å². The van der Waals surface area contributed by atoms with Crippen molar-refractivity contribution in [2.45, 2.75) is 72.3 Å². The molecule has 4 heteroatoms. The van der Waals surface area contributed by atoms with Gasteiger partial charge in [0.05, 0.1) is 12.2 Å². The molecule has 1 aliphatic carbocycles. The zero-order valence-corrected chi connectivity index (χ0v) is 15.7. The summed E-state index contributed by atoms with van der Waals surface area (Å²) in [5.74, 6) is 1.90. The van der Waals surface area contributed by atoms with E-state index in [2.05, 4.69) is 60.1 Å². The van der Waals surface area contributed by atoms with E-state index in [0.29, 0.717) is 30.0 Å². The zero-order valence-electron chi connectivity index (χ0n) is 13.7. The predicted molar refractivity (Wildman–Crippen MR) is 83.9 cm³/mol. The van der Waals surface area contributed by atoms with Crippen molar-refractivity contribution in [2.75, 3.05) is 0 Å². The van der Waals surface area contributed by atoms with Crippen molar-refractivity contribution in [3.8, 4) is 0 Å². The molecule has 1 saturated carbocycles. The van der Waals surface area contributed by atoms with E-state index in [4.69, 9.17) is 8.85 Å². The smallest absolute Gasteiger partial charge is 0.184 e. The first kappa shape index (κ1) is 16.4. The molecule has 2 nitrogen and oxygen atoms in total. The molecule has 1 rings (SSSR count). The van der Waals surface area contributed by atoms with E-state index in [1.165, 1.54) is 0 Å². The van der Waals surface area contributed by atoms with Gasteiger partial charge in [-0.25, -0.2) is 0 Å². The molecule has 0 spiro atoms. The number of hydrogen-bond donors (Lipinski definition) is 0. The summed E-state index contributed by atoms with van der Waals surface area (Å²) in [6.07, 6.45) is 0.599. The molecular weight excluding hydrogens is 256 g/mol. The van der Waals surface area contributed by atoms with Crippen molar-refractivity contribution in [2.24, 2.45) is 17.8 Å². The molecule has 108 valence electrons. The molecule has 4 unspecified atom stereocenters. The fraction of sp³-hybridized carbons (Fsp3) is 1.00. The van der Waals surface area contributed by atoms with Crippen LogP contribution in [-0.4, -0.2) is 28.8 Å². The summed E-state index contributed by atoms with van der Waals surface area (Å²) in [5, 5.41) is 0. The third-order valence-electron chi connectivity index (χ3n) is 4.00. The Labute approximate surface area is 116 Å². The molecule has 0 aromatic carbocycles. The summed E-state index contributed by atoms with van der Waals surface area (Å²) >= 11 is 0. The fourth-order valence-electron chi connectivity index (χ4n) is 2.84.